The van der Waals surface area contributed by atoms with Crippen LogP contribution < -0.4 is 4.74 Å². The Labute approximate surface area is 134 Å². The molecule has 4 nitrogen and oxygen atoms in total. The molecule has 22 heavy (non-hydrogen) atoms. The van der Waals surface area contributed by atoms with E-state index in [0.717, 1.165) is 11.3 Å². The highest BCUT2D eigenvalue weighted by Crippen LogP contribution is 2.26. The second-order valence-corrected chi connectivity index (χ2v) is 5.04. The number of hydrogen-bond acceptors (Lipinski definition) is 3. The zero-order valence-electron chi connectivity index (χ0n) is 12.3. The summed E-state index contributed by atoms with van der Waals surface area (Å²) in [4.78, 5) is 15.6. The number of aromatic carboxylic acids is 1. The molecule has 1 N–H and O–H groups in total. The third-order valence-corrected chi connectivity index (χ3v) is 3.54. The van der Waals surface area contributed by atoms with E-state index >= 15 is 0 Å². The Bertz CT molecular complexity index is 726. The van der Waals surface area contributed by atoms with E-state index in [0.29, 0.717) is 22.9 Å². The largest absolute Gasteiger partial charge is 0.493 e. The highest BCUT2D eigenvalue weighted by Gasteiger charge is 2.11. The van der Waals surface area contributed by atoms with E-state index in [2.05, 4.69) is 4.99 Å². The molecule has 0 saturated heterocycles. The molecule has 5 heteroatoms. The van der Waals surface area contributed by atoms with E-state index < -0.39 is 5.97 Å². The van der Waals surface area contributed by atoms with Crippen LogP contribution in [0.3, 0.4) is 0 Å². The molecule has 2 aromatic carbocycles. The third-order valence-electron chi connectivity index (χ3n) is 3.13. The molecule has 0 atom stereocenters. The molecule has 0 aliphatic heterocycles. The van der Waals surface area contributed by atoms with Gasteiger partial charge in [0.2, 0.25) is 0 Å². The van der Waals surface area contributed by atoms with Gasteiger partial charge in [-0.2, -0.15) is 0 Å². The van der Waals surface area contributed by atoms with Gasteiger partial charge in [0, 0.05) is 11.2 Å². The molecule has 0 unspecified atom stereocenters. The number of carboxylic acid groups (broad SMARTS) is 1. The first-order valence-corrected chi connectivity index (χ1v) is 7.20. The van der Waals surface area contributed by atoms with E-state index in [1.807, 2.05) is 26.0 Å². The summed E-state index contributed by atoms with van der Waals surface area (Å²) in [5.41, 5.74) is 2.43. The Balaban J connectivity index is 2.33. The van der Waals surface area contributed by atoms with Crippen LogP contribution >= 0.6 is 11.6 Å². The van der Waals surface area contributed by atoms with Gasteiger partial charge in [-0.1, -0.05) is 17.7 Å². The minimum Gasteiger partial charge on any atom is -0.493 e. The van der Waals surface area contributed by atoms with Crippen molar-refractivity contribution < 1.29 is 14.6 Å². The summed E-state index contributed by atoms with van der Waals surface area (Å²) in [6.07, 6.45) is 1.61. The number of rotatable bonds is 5. The predicted molar refractivity (Wildman–Crippen MR) is 88.0 cm³/mol. The monoisotopic (exact) mass is 317 g/mol. The summed E-state index contributed by atoms with van der Waals surface area (Å²) in [5.74, 6) is -0.677. The maximum Gasteiger partial charge on any atom is 0.339 e. The molecule has 0 aliphatic carbocycles. The minimum absolute atomic E-state index is 0.119. The fraction of sp³-hybridized carbons (Fsp3) is 0.176. The molecule has 0 spiro atoms. The van der Waals surface area contributed by atoms with Crippen molar-refractivity contribution in [3.05, 3.63) is 58.1 Å². The Morgan fingerprint density at radius 3 is 2.82 bits per heavy atom. The average molecular weight is 318 g/mol. The Morgan fingerprint density at radius 1 is 1.36 bits per heavy atom. The molecular weight excluding hydrogens is 302 g/mol. The van der Waals surface area contributed by atoms with E-state index in [4.69, 9.17) is 16.3 Å². The van der Waals surface area contributed by atoms with Crippen molar-refractivity contribution in [3.63, 3.8) is 0 Å². The van der Waals surface area contributed by atoms with Crippen LogP contribution in [0.5, 0.6) is 5.75 Å². The predicted octanol–water partition coefficient (Wildman–Crippen LogP) is 4.50. The SMILES string of the molecule is CCOc1ccc(C=Nc2cccc(Cl)c2C)cc1C(=O)O. The van der Waals surface area contributed by atoms with Crippen LogP contribution in [0.4, 0.5) is 5.69 Å². The molecule has 2 rings (SSSR count). The summed E-state index contributed by atoms with van der Waals surface area (Å²) in [6.45, 7) is 4.11. The zero-order chi connectivity index (χ0) is 16.1. The third kappa shape index (κ3) is 3.65. The highest BCUT2D eigenvalue weighted by molar-refractivity contribution is 6.31. The fourth-order valence-corrected chi connectivity index (χ4v) is 2.13. The van der Waals surface area contributed by atoms with Crippen LogP contribution in [0.2, 0.25) is 5.02 Å². The van der Waals surface area contributed by atoms with Gasteiger partial charge >= 0.3 is 5.97 Å². The van der Waals surface area contributed by atoms with Crippen LogP contribution in [0.25, 0.3) is 0 Å². The van der Waals surface area contributed by atoms with Crippen LogP contribution in [0, 0.1) is 6.92 Å². The lowest BCUT2D eigenvalue weighted by atomic mass is 10.1. The van der Waals surface area contributed by atoms with Gasteiger partial charge in [0.05, 0.1) is 12.3 Å². The normalized spacial score (nSPS) is 10.9. The summed E-state index contributed by atoms with van der Waals surface area (Å²) in [7, 11) is 0. The molecule has 114 valence electrons. The molecule has 0 bridgehead atoms. The number of carbonyl (C=O) groups is 1. The second kappa shape index (κ2) is 7.09. The van der Waals surface area contributed by atoms with Crippen molar-refractivity contribution in [1.29, 1.82) is 0 Å². The summed E-state index contributed by atoms with van der Waals surface area (Å²) < 4.78 is 5.31. The number of benzene rings is 2. The van der Waals surface area contributed by atoms with Gasteiger partial charge < -0.3 is 9.84 Å². The second-order valence-electron chi connectivity index (χ2n) is 4.64. The number of nitrogens with zero attached hydrogens (tertiary/aromatic N) is 1. The number of halogens is 1. The van der Waals surface area contributed by atoms with Crippen molar-refractivity contribution in [2.75, 3.05) is 6.61 Å². The minimum atomic E-state index is -1.03. The van der Waals surface area contributed by atoms with Gasteiger partial charge in [-0.3, -0.25) is 4.99 Å². The first-order valence-electron chi connectivity index (χ1n) is 6.82. The number of hydrogen-bond donors (Lipinski definition) is 1. The molecule has 2 aromatic rings. The van der Waals surface area contributed by atoms with Gasteiger partial charge in [0.25, 0.3) is 0 Å². The van der Waals surface area contributed by atoms with Crippen LogP contribution in [0.15, 0.2) is 41.4 Å². The van der Waals surface area contributed by atoms with E-state index in [9.17, 15) is 9.90 Å². The standard InChI is InChI=1S/C17H16ClNO3/c1-3-22-16-8-7-12(9-13(16)17(20)21)10-19-15-6-4-5-14(18)11(15)2/h4-10H,3H2,1-2H3,(H,20,21). The van der Waals surface area contributed by atoms with Gasteiger partial charge in [-0.05, 0) is 55.3 Å². The van der Waals surface area contributed by atoms with Crippen molar-refractivity contribution in [3.8, 4) is 5.75 Å². The molecule has 0 saturated carbocycles. The smallest absolute Gasteiger partial charge is 0.339 e. The Kier molecular flexibility index (Phi) is 5.17. The molecule has 0 aliphatic rings. The summed E-state index contributed by atoms with van der Waals surface area (Å²) >= 11 is 6.05. The molecular formula is C17H16ClNO3. The fourth-order valence-electron chi connectivity index (χ4n) is 1.96. The van der Waals surface area contributed by atoms with Crippen LogP contribution in [-0.2, 0) is 0 Å². The van der Waals surface area contributed by atoms with Crippen LogP contribution in [0.1, 0.15) is 28.4 Å². The van der Waals surface area contributed by atoms with Gasteiger partial charge in [0.15, 0.2) is 0 Å². The van der Waals surface area contributed by atoms with Crippen molar-refractivity contribution in [2.45, 2.75) is 13.8 Å². The van der Waals surface area contributed by atoms with Crippen molar-refractivity contribution in [2.24, 2.45) is 4.99 Å². The van der Waals surface area contributed by atoms with Crippen molar-refractivity contribution in [1.82, 2.24) is 0 Å². The lowest BCUT2D eigenvalue weighted by Crippen LogP contribution is -2.03. The lowest BCUT2D eigenvalue weighted by molar-refractivity contribution is 0.0692. The van der Waals surface area contributed by atoms with Gasteiger partial charge in [0.1, 0.15) is 11.3 Å². The van der Waals surface area contributed by atoms with E-state index in [-0.39, 0.29) is 5.56 Å². The van der Waals surface area contributed by atoms with Crippen molar-refractivity contribution >= 4 is 29.5 Å². The Hall–Kier alpha value is -2.33. The first-order chi connectivity index (χ1) is 10.5. The molecule has 0 aromatic heterocycles. The maximum atomic E-state index is 11.3. The Morgan fingerprint density at radius 2 is 2.14 bits per heavy atom. The molecule has 0 fully saturated rings. The number of carboxylic acids is 1. The van der Waals surface area contributed by atoms with Crippen LogP contribution in [-0.4, -0.2) is 23.9 Å². The highest BCUT2D eigenvalue weighted by atomic mass is 35.5. The van der Waals surface area contributed by atoms with Gasteiger partial charge in [-0.15, -0.1) is 0 Å². The first kappa shape index (κ1) is 16.0. The number of aliphatic imine (C=N–C) groups is 1. The molecule has 0 radical (unpaired) electrons. The average Bonchev–Trinajstić information content (AvgIpc) is 2.50. The zero-order valence-corrected chi connectivity index (χ0v) is 13.1. The molecule has 0 heterocycles. The number of ether oxygens (including phenoxy) is 1. The topological polar surface area (TPSA) is 58.9 Å². The summed E-state index contributed by atoms with van der Waals surface area (Å²) in [6, 6.07) is 10.4. The summed E-state index contributed by atoms with van der Waals surface area (Å²) in [5, 5.41) is 9.89. The maximum absolute atomic E-state index is 11.3. The molecule has 0 amide bonds. The van der Waals surface area contributed by atoms with E-state index in [1.165, 1.54) is 6.07 Å². The quantitative estimate of drug-likeness (QED) is 0.826. The lowest BCUT2D eigenvalue weighted by Gasteiger charge is -2.07. The van der Waals surface area contributed by atoms with E-state index in [1.54, 1.807) is 24.4 Å². The van der Waals surface area contributed by atoms with Gasteiger partial charge in [-0.25, -0.2) is 4.79 Å².